The average molecular weight is 396 g/mol. The Bertz CT molecular complexity index is 1340. The lowest BCUT2D eigenvalue weighted by Gasteiger charge is -2.10. The molecule has 0 unspecified atom stereocenters. The zero-order chi connectivity index (χ0) is 20.9. The first-order chi connectivity index (χ1) is 13.8. The molecule has 0 amide bonds. The van der Waals surface area contributed by atoms with Crippen LogP contribution in [0.15, 0.2) is 33.9 Å². The van der Waals surface area contributed by atoms with Crippen molar-refractivity contribution in [1.29, 1.82) is 0 Å². The van der Waals surface area contributed by atoms with Crippen LogP contribution in [0.4, 0.5) is 5.69 Å². The topological polar surface area (TPSA) is 87.5 Å². The molecule has 0 bridgehead atoms. The Kier molecular flexibility index (Phi) is 4.45. The standard InChI is InChI=1S/C20H24N6O3/c1-12-13(2)26-16-17(23(3)20(28)24(4)18(16)27)22-19(26)25(12)11-10-21-14-6-8-15(29-5)9-7-14/h6-9,21H,10-11H2,1-5H3. The van der Waals surface area contributed by atoms with Crippen LogP contribution in [0, 0.1) is 13.8 Å². The number of benzene rings is 1. The second kappa shape index (κ2) is 6.84. The van der Waals surface area contributed by atoms with Gasteiger partial charge in [-0.15, -0.1) is 0 Å². The van der Waals surface area contributed by atoms with E-state index in [1.54, 1.807) is 14.2 Å². The molecule has 0 aliphatic carbocycles. The van der Waals surface area contributed by atoms with Crippen molar-refractivity contribution in [2.45, 2.75) is 20.4 Å². The fourth-order valence-corrected chi connectivity index (χ4v) is 3.68. The number of nitrogens with one attached hydrogen (secondary N) is 1. The SMILES string of the molecule is COc1ccc(NCCn2c(C)c(C)n3c4c(=O)n(C)c(=O)n(C)c4nc23)cc1. The maximum atomic E-state index is 12.8. The van der Waals surface area contributed by atoms with Crippen LogP contribution in [-0.4, -0.2) is 36.7 Å². The van der Waals surface area contributed by atoms with Crippen molar-refractivity contribution in [1.82, 2.24) is 23.1 Å². The molecule has 0 atom stereocenters. The lowest BCUT2D eigenvalue weighted by molar-refractivity contribution is 0.415. The number of methoxy groups -OCH3 is 1. The number of hydrogen-bond acceptors (Lipinski definition) is 5. The predicted molar refractivity (Wildman–Crippen MR) is 112 cm³/mol. The molecule has 3 heterocycles. The number of rotatable bonds is 5. The minimum atomic E-state index is -0.384. The molecule has 4 aromatic rings. The lowest BCUT2D eigenvalue weighted by atomic mass is 10.3. The highest BCUT2D eigenvalue weighted by molar-refractivity contribution is 5.76. The Morgan fingerprint density at radius 1 is 1.03 bits per heavy atom. The average Bonchev–Trinajstić information content (AvgIpc) is 3.22. The number of anilines is 1. The van der Waals surface area contributed by atoms with Gasteiger partial charge in [0.25, 0.3) is 5.56 Å². The number of fused-ring (bicyclic) bond motifs is 3. The van der Waals surface area contributed by atoms with Crippen molar-refractivity contribution in [3.8, 4) is 5.75 Å². The molecule has 0 aliphatic heterocycles. The molecule has 0 fully saturated rings. The summed E-state index contributed by atoms with van der Waals surface area (Å²) >= 11 is 0. The molecule has 9 heteroatoms. The molecule has 9 nitrogen and oxygen atoms in total. The van der Waals surface area contributed by atoms with Crippen molar-refractivity contribution >= 4 is 22.6 Å². The van der Waals surface area contributed by atoms with Crippen LogP contribution >= 0.6 is 0 Å². The van der Waals surface area contributed by atoms with Gasteiger partial charge >= 0.3 is 5.69 Å². The molecular weight excluding hydrogens is 372 g/mol. The first-order valence-corrected chi connectivity index (χ1v) is 9.37. The molecule has 0 spiro atoms. The lowest BCUT2D eigenvalue weighted by Crippen LogP contribution is -2.37. The summed E-state index contributed by atoms with van der Waals surface area (Å²) in [6, 6.07) is 7.74. The van der Waals surface area contributed by atoms with Gasteiger partial charge in [0.2, 0.25) is 5.78 Å². The summed E-state index contributed by atoms with van der Waals surface area (Å²) in [6.07, 6.45) is 0. The highest BCUT2D eigenvalue weighted by atomic mass is 16.5. The zero-order valence-electron chi connectivity index (χ0n) is 17.2. The predicted octanol–water partition coefficient (Wildman–Crippen LogP) is 1.42. The van der Waals surface area contributed by atoms with Gasteiger partial charge in [-0.3, -0.25) is 18.3 Å². The van der Waals surface area contributed by atoms with Gasteiger partial charge in [0.1, 0.15) is 5.75 Å². The summed E-state index contributed by atoms with van der Waals surface area (Å²) in [5, 5.41) is 3.39. The van der Waals surface area contributed by atoms with Crippen LogP contribution in [-0.2, 0) is 20.6 Å². The summed E-state index contributed by atoms with van der Waals surface area (Å²) in [4.78, 5) is 29.7. The van der Waals surface area contributed by atoms with Crippen molar-refractivity contribution in [3.05, 3.63) is 56.5 Å². The summed E-state index contributed by atoms with van der Waals surface area (Å²) < 4.78 is 11.6. The molecule has 1 N–H and O–H groups in total. The van der Waals surface area contributed by atoms with E-state index in [2.05, 4.69) is 14.9 Å². The Morgan fingerprint density at radius 2 is 1.72 bits per heavy atom. The number of imidazole rings is 2. The second-order valence-corrected chi connectivity index (χ2v) is 7.10. The third-order valence-corrected chi connectivity index (χ3v) is 5.50. The zero-order valence-corrected chi connectivity index (χ0v) is 17.2. The van der Waals surface area contributed by atoms with Crippen molar-refractivity contribution in [3.63, 3.8) is 0 Å². The van der Waals surface area contributed by atoms with E-state index in [1.807, 2.05) is 42.5 Å². The Hall–Kier alpha value is -3.49. The van der Waals surface area contributed by atoms with Crippen LogP contribution in [0.3, 0.4) is 0 Å². The van der Waals surface area contributed by atoms with Crippen molar-refractivity contribution < 1.29 is 4.74 Å². The number of nitrogens with zero attached hydrogens (tertiary/aromatic N) is 5. The fraction of sp³-hybridized carbons (Fsp3) is 0.350. The third kappa shape index (κ3) is 2.81. The Morgan fingerprint density at radius 3 is 2.38 bits per heavy atom. The molecule has 3 aromatic heterocycles. The molecule has 0 saturated carbocycles. The minimum Gasteiger partial charge on any atom is -0.497 e. The molecule has 0 saturated heterocycles. The van der Waals surface area contributed by atoms with Gasteiger partial charge in [-0.05, 0) is 38.1 Å². The van der Waals surface area contributed by atoms with Crippen LogP contribution in [0.1, 0.15) is 11.4 Å². The molecular formula is C20H24N6O3. The van der Waals surface area contributed by atoms with E-state index in [-0.39, 0.29) is 11.2 Å². The first-order valence-electron chi connectivity index (χ1n) is 9.37. The van der Waals surface area contributed by atoms with Gasteiger partial charge in [-0.25, -0.2) is 4.79 Å². The number of hydrogen-bond donors (Lipinski definition) is 1. The molecule has 0 radical (unpaired) electrons. The fourth-order valence-electron chi connectivity index (χ4n) is 3.68. The monoisotopic (exact) mass is 396 g/mol. The van der Waals surface area contributed by atoms with Gasteiger partial charge in [-0.1, -0.05) is 0 Å². The maximum absolute atomic E-state index is 12.8. The van der Waals surface area contributed by atoms with E-state index in [0.717, 1.165) is 27.4 Å². The largest absolute Gasteiger partial charge is 0.497 e. The number of aryl methyl sites for hydroxylation is 2. The van der Waals surface area contributed by atoms with E-state index >= 15 is 0 Å². The summed E-state index contributed by atoms with van der Waals surface area (Å²) in [5.74, 6) is 1.47. The number of ether oxygens (including phenoxy) is 1. The molecule has 0 aliphatic rings. The highest BCUT2D eigenvalue weighted by Crippen LogP contribution is 2.21. The van der Waals surface area contributed by atoms with Gasteiger partial charge in [0.15, 0.2) is 11.2 Å². The normalized spacial score (nSPS) is 11.5. The maximum Gasteiger partial charge on any atom is 0.332 e. The van der Waals surface area contributed by atoms with E-state index in [1.165, 1.54) is 11.6 Å². The van der Waals surface area contributed by atoms with Gasteiger partial charge < -0.3 is 14.6 Å². The van der Waals surface area contributed by atoms with E-state index in [0.29, 0.717) is 30.0 Å². The smallest absolute Gasteiger partial charge is 0.332 e. The number of aromatic nitrogens is 5. The summed E-state index contributed by atoms with van der Waals surface area (Å²) in [5.41, 5.74) is 3.05. The van der Waals surface area contributed by atoms with Gasteiger partial charge in [0, 0.05) is 44.3 Å². The van der Waals surface area contributed by atoms with Gasteiger partial charge in [-0.2, -0.15) is 4.98 Å². The minimum absolute atomic E-state index is 0.341. The Balaban J connectivity index is 1.74. The van der Waals surface area contributed by atoms with Crippen LogP contribution in [0.25, 0.3) is 16.9 Å². The molecule has 4 rings (SSSR count). The molecule has 152 valence electrons. The Labute approximate surface area is 166 Å². The van der Waals surface area contributed by atoms with Crippen LogP contribution < -0.4 is 21.3 Å². The van der Waals surface area contributed by atoms with Crippen molar-refractivity contribution in [2.75, 3.05) is 19.0 Å². The van der Waals surface area contributed by atoms with Crippen molar-refractivity contribution in [2.24, 2.45) is 14.1 Å². The van der Waals surface area contributed by atoms with Gasteiger partial charge in [0.05, 0.1) is 7.11 Å². The summed E-state index contributed by atoms with van der Waals surface area (Å²) in [6.45, 7) is 5.31. The quantitative estimate of drug-likeness (QED) is 0.551. The van der Waals surface area contributed by atoms with Crippen LogP contribution in [0.2, 0.25) is 0 Å². The summed E-state index contributed by atoms with van der Waals surface area (Å²) in [7, 11) is 4.76. The molecule has 1 aromatic carbocycles. The second-order valence-electron chi connectivity index (χ2n) is 7.10. The van der Waals surface area contributed by atoms with E-state index in [4.69, 9.17) is 4.74 Å². The van der Waals surface area contributed by atoms with E-state index < -0.39 is 0 Å². The molecule has 29 heavy (non-hydrogen) atoms. The van der Waals surface area contributed by atoms with Crippen LogP contribution in [0.5, 0.6) is 5.75 Å². The van der Waals surface area contributed by atoms with E-state index in [9.17, 15) is 9.59 Å². The highest BCUT2D eigenvalue weighted by Gasteiger charge is 2.21. The third-order valence-electron chi connectivity index (χ3n) is 5.50. The first kappa shape index (κ1) is 18.9.